The van der Waals surface area contributed by atoms with Gasteiger partial charge in [-0.3, -0.25) is 9.59 Å². The molecule has 0 saturated carbocycles. The zero-order valence-corrected chi connectivity index (χ0v) is 42.2. The minimum atomic E-state index is -0.278. The van der Waals surface area contributed by atoms with Crippen LogP contribution in [0, 0.1) is 0 Å². The van der Waals surface area contributed by atoms with Crippen LogP contribution in [0.2, 0.25) is 0 Å². The molecule has 0 aliphatic heterocycles. The van der Waals surface area contributed by atoms with Gasteiger partial charge in [-0.2, -0.15) is 0 Å². The summed E-state index contributed by atoms with van der Waals surface area (Å²) in [7, 11) is 1.72. The van der Waals surface area contributed by atoms with Gasteiger partial charge in [0.2, 0.25) is 0 Å². The van der Waals surface area contributed by atoms with Crippen LogP contribution in [0.5, 0.6) is 17.2 Å². The molecule has 0 N–H and O–H groups in total. The second-order valence-corrected chi connectivity index (χ2v) is 16.6. The zero-order valence-electron chi connectivity index (χ0n) is 42.2. The number of carbonyl (C=O) groups excluding carboxylic acids is 2. The van der Waals surface area contributed by atoms with Crippen LogP contribution in [0.3, 0.4) is 0 Å². The molecule has 0 aromatic heterocycles. The Balaban J connectivity index is 0.000000498. The summed E-state index contributed by atoms with van der Waals surface area (Å²) in [5.41, 5.74) is 4.08. The minimum Gasteiger partial charge on any atom is -0.491 e. The Morgan fingerprint density at radius 1 is 0.415 bits per heavy atom. The Morgan fingerprint density at radius 2 is 0.708 bits per heavy atom. The van der Waals surface area contributed by atoms with Gasteiger partial charge in [-0.15, -0.1) is 0 Å². The Bertz CT molecular complexity index is 1600. The van der Waals surface area contributed by atoms with Gasteiger partial charge in [0.1, 0.15) is 30.5 Å². The van der Waals surface area contributed by atoms with Gasteiger partial charge in [-0.25, -0.2) is 0 Å². The lowest BCUT2D eigenvalue weighted by atomic mass is 9.99. The topological polar surface area (TPSA) is 117 Å². The second kappa shape index (κ2) is 37.0. The summed E-state index contributed by atoms with van der Waals surface area (Å²) in [6.45, 7) is 27.0. The summed E-state index contributed by atoms with van der Waals surface area (Å²) < 4.78 is 48.5. The summed E-state index contributed by atoms with van der Waals surface area (Å²) >= 11 is 0. The van der Waals surface area contributed by atoms with E-state index in [9.17, 15) is 9.59 Å². The lowest BCUT2D eigenvalue weighted by Crippen LogP contribution is -2.16. The van der Waals surface area contributed by atoms with Gasteiger partial charge in [0.15, 0.2) is 0 Å². The van der Waals surface area contributed by atoms with Crippen molar-refractivity contribution < 1.29 is 52.2 Å². The molecule has 0 bridgehead atoms. The predicted octanol–water partition coefficient (Wildman–Crippen LogP) is 12.3. The van der Waals surface area contributed by atoms with E-state index < -0.39 is 0 Å². The van der Waals surface area contributed by atoms with Crippen LogP contribution in [0.1, 0.15) is 156 Å². The number of benzene rings is 3. The maximum Gasteiger partial charge on any atom is 0.302 e. The second-order valence-electron chi connectivity index (χ2n) is 16.6. The van der Waals surface area contributed by atoms with Crippen molar-refractivity contribution in [2.45, 2.75) is 157 Å². The zero-order chi connectivity index (χ0) is 48.2. The minimum absolute atomic E-state index is 0.0863. The summed E-state index contributed by atoms with van der Waals surface area (Å²) in [6, 6.07) is 25.1. The van der Waals surface area contributed by atoms with Crippen LogP contribution in [-0.2, 0) is 38.0 Å². The average molecular weight is 911 g/mol. The van der Waals surface area contributed by atoms with Gasteiger partial charge in [-0.05, 0) is 117 Å². The van der Waals surface area contributed by atoms with Crippen molar-refractivity contribution in [1.82, 2.24) is 0 Å². The average Bonchev–Trinajstić information content (AvgIpc) is 3.30. The Kier molecular flexibility index (Phi) is 33.5. The largest absolute Gasteiger partial charge is 0.491 e. The maximum atomic E-state index is 10.6. The first kappa shape index (κ1) is 58.9. The first-order valence-electron chi connectivity index (χ1n) is 24.0. The van der Waals surface area contributed by atoms with Gasteiger partial charge in [0, 0.05) is 60.0 Å². The van der Waals surface area contributed by atoms with E-state index >= 15 is 0 Å². The molecule has 0 fully saturated rings. The van der Waals surface area contributed by atoms with Gasteiger partial charge in [0.05, 0.1) is 44.7 Å². The third-order valence-electron chi connectivity index (χ3n) is 10.9. The summed E-state index contributed by atoms with van der Waals surface area (Å²) in [4.78, 5) is 21.1. The van der Waals surface area contributed by atoms with Gasteiger partial charge in [-0.1, -0.05) is 77.9 Å². The highest BCUT2D eigenvalue weighted by molar-refractivity contribution is 5.66. The molecule has 368 valence electrons. The molecule has 11 nitrogen and oxygen atoms in total. The van der Waals surface area contributed by atoms with Crippen molar-refractivity contribution in [2.24, 2.45) is 0 Å². The number of rotatable bonds is 31. The molecule has 6 unspecified atom stereocenters. The van der Waals surface area contributed by atoms with Crippen LogP contribution in [-0.4, -0.2) is 96.8 Å². The molecule has 0 amide bonds. The monoisotopic (exact) mass is 911 g/mol. The lowest BCUT2D eigenvalue weighted by molar-refractivity contribution is -0.143. The van der Waals surface area contributed by atoms with E-state index in [1.54, 1.807) is 7.11 Å². The van der Waals surface area contributed by atoms with Crippen molar-refractivity contribution in [3.8, 4) is 17.2 Å². The van der Waals surface area contributed by atoms with E-state index in [4.69, 9.17) is 42.6 Å². The molecule has 0 radical (unpaired) electrons. The fraction of sp³-hybridized carbons (Fsp3) is 0.630. The normalized spacial score (nSPS) is 13.6. The summed E-state index contributed by atoms with van der Waals surface area (Å²) in [5.74, 6) is 3.97. The molecule has 3 aromatic carbocycles. The van der Waals surface area contributed by atoms with Crippen molar-refractivity contribution in [3.63, 3.8) is 0 Å². The van der Waals surface area contributed by atoms with Crippen molar-refractivity contribution in [2.75, 3.05) is 66.6 Å². The van der Waals surface area contributed by atoms with E-state index in [0.29, 0.717) is 70.6 Å². The smallest absolute Gasteiger partial charge is 0.302 e. The molecule has 6 atom stereocenters. The van der Waals surface area contributed by atoms with Crippen molar-refractivity contribution in [3.05, 3.63) is 89.5 Å². The highest BCUT2D eigenvalue weighted by Gasteiger charge is 2.09. The Morgan fingerprint density at radius 3 is 1.00 bits per heavy atom. The molecule has 0 spiro atoms. The van der Waals surface area contributed by atoms with Crippen molar-refractivity contribution >= 4 is 11.9 Å². The third-order valence-corrected chi connectivity index (χ3v) is 10.9. The summed E-state index contributed by atoms with van der Waals surface area (Å²) in [6.07, 6.45) is 7.25. The summed E-state index contributed by atoms with van der Waals surface area (Å²) in [5, 5.41) is 0. The number of carbonyl (C=O) groups is 2. The maximum absolute atomic E-state index is 10.6. The fourth-order valence-corrected chi connectivity index (χ4v) is 6.05. The quantitative estimate of drug-likeness (QED) is 0.0453. The lowest BCUT2D eigenvalue weighted by Gasteiger charge is -2.16. The van der Waals surface area contributed by atoms with Crippen LogP contribution >= 0.6 is 0 Å². The molecule has 11 heteroatoms. The number of hydrogen-bond donors (Lipinski definition) is 0. The predicted molar refractivity (Wildman–Crippen MR) is 262 cm³/mol. The molecular weight excluding hydrogens is 825 g/mol. The Hall–Kier alpha value is -4.16. The van der Waals surface area contributed by atoms with E-state index in [1.807, 2.05) is 31.2 Å². The molecular formula is C54H86O11. The molecule has 3 rings (SSSR count). The van der Waals surface area contributed by atoms with Gasteiger partial charge in [0.25, 0.3) is 0 Å². The van der Waals surface area contributed by atoms with E-state index in [2.05, 4.69) is 104 Å². The molecule has 0 saturated heterocycles. The van der Waals surface area contributed by atoms with E-state index in [-0.39, 0.29) is 30.3 Å². The number of methoxy groups -OCH3 is 1. The SMILES string of the molecule is CCC(C)c1ccc(OC(C)CCOC)cc1.CCC(C)c1ccc(OC(C)CCOCCCOCCOC(C)=O)cc1.CCC(C)c1ccc(OC(C)CCOCCOC(C)=O)cc1. The third kappa shape index (κ3) is 29.9. The standard InChI is InChI=1S/C21H34O5.C18H28O4.C15H24O2/c1-5-17(2)20-7-9-21(10-8-20)26-18(3)11-14-23-12-6-13-24-15-16-25-19(4)22;1-5-14(2)17-6-8-18(9-7-17)22-15(3)10-11-20-12-13-21-16(4)19;1-5-12(2)14-6-8-15(9-7-14)17-13(3)10-11-16-4/h7-10,17-18H,5-6,11-16H2,1-4H3;6-9,14-15H,5,10-13H2,1-4H3;6-9,12-13H,5,10-11H2,1-4H3. The van der Waals surface area contributed by atoms with Gasteiger partial charge >= 0.3 is 11.9 Å². The highest BCUT2D eigenvalue weighted by atomic mass is 16.6. The molecule has 3 aromatic rings. The van der Waals surface area contributed by atoms with Crippen LogP contribution in [0.4, 0.5) is 0 Å². The molecule has 0 aliphatic carbocycles. The van der Waals surface area contributed by atoms with Crippen LogP contribution in [0.15, 0.2) is 72.8 Å². The first-order valence-corrected chi connectivity index (χ1v) is 24.0. The fourth-order valence-electron chi connectivity index (χ4n) is 6.05. The molecule has 0 heterocycles. The van der Waals surface area contributed by atoms with Crippen LogP contribution < -0.4 is 14.2 Å². The Labute approximate surface area is 393 Å². The van der Waals surface area contributed by atoms with E-state index in [1.165, 1.54) is 37.0 Å². The van der Waals surface area contributed by atoms with Gasteiger partial charge < -0.3 is 42.6 Å². The number of esters is 2. The highest BCUT2D eigenvalue weighted by Crippen LogP contribution is 2.25. The van der Waals surface area contributed by atoms with Crippen molar-refractivity contribution in [1.29, 1.82) is 0 Å². The number of ether oxygens (including phenoxy) is 9. The van der Waals surface area contributed by atoms with Crippen LogP contribution in [0.25, 0.3) is 0 Å². The molecule has 0 aliphatic rings. The number of hydrogen-bond acceptors (Lipinski definition) is 11. The van der Waals surface area contributed by atoms with E-state index in [0.717, 1.165) is 62.4 Å². The first-order chi connectivity index (χ1) is 31.2. The molecule has 65 heavy (non-hydrogen) atoms.